The van der Waals surface area contributed by atoms with Gasteiger partial charge in [-0.1, -0.05) is 18.2 Å². The summed E-state index contributed by atoms with van der Waals surface area (Å²) in [5, 5.41) is 9.52. The molecule has 0 unspecified atom stereocenters. The second kappa shape index (κ2) is 9.89. The number of benzene rings is 2. The predicted molar refractivity (Wildman–Crippen MR) is 135 cm³/mol. The summed E-state index contributed by atoms with van der Waals surface area (Å²) < 4.78 is 12.6. The molecule has 0 aliphatic carbocycles. The van der Waals surface area contributed by atoms with Crippen molar-refractivity contribution in [2.75, 3.05) is 20.8 Å². The third-order valence-corrected chi connectivity index (χ3v) is 6.14. The number of methoxy groups -OCH3 is 2. The van der Waals surface area contributed by atoms with Gasteiger partial charge in [-0.3, -0.25) is 4.79 Å². The van der Waals surface area contributed by atoms with Gasteiger partial charge in [0.05, 0.1) is 32.5 Å². The third-order valence-electron chi connectivity index (χ3n) is 6.14. The first-order chi connectivity index (χ1) is 17.2. The molecule has 3 aromatic heterocycles. The van der Waals surface area contributed by atoms with E-state index in [4.69, 9.17) is 9.47 Å². The molecule has 0 fully saturated rings. The van der Waals surface area contributed by atoms with Crippen LogP contribution in [-0.2, 0) is 13.0 Å². The SMILES string of the molecule is COc1ccc(Cn2ncc3cc(C(=O)NCCCc4c[nH]c5ccccc45)cnc32)c(OC)c1. The van der Waals surface area contributed by atoms with E-state index >= 15 is 0 Å². The van der Waals surface area contributed by atoms with Crippen LogP contribution in [0, 0.1) is 0 Å². The summed E-state index contributed by atoms with van der Waals surface area (Å²) in [6, 6.07) is 15.8. The molecule has 2 N–H and O–H groups in total. The zero-order chi connectivity index (χ0) is 24.2. The van der Waals surface area contributed by atoms with Gasteiger partial charge in [0.1, 0.15) is 11.5 Å². The number of hydrogen-bond acceptors (Lipinski definition) is 5. The predicted octanol–water partition coefficient (Wildman–Crippen LogP) is 4.34. The van der Waals surface area contributed by atoms with E-state index in [2.05, 4.69) is 32.5 Å². The van der Waals surface area contributed by atoms with E-state index in [1.807, 2.05) is 42.6 Å². The molecule has 0 aliphatic heterocycles. The normalized spacial score (nSPS) is 11.1. The minimum atomic E-state index is -0.136. The quantitative estimate of drug-likeness (QED) is 0.313. The number of pyridine rings is 1. The monoisotopic (exact) mass is 469 g/mol. The molecule has 35 heavy (non-hydrogen) atoms. The molecule has 8 nitrogen and oxygen atoms in total. The minimum absolute atomic E-state index is 0.136. The first-order valence-corrected chi connectivity index (χ1v) is 11.5. The summed E-state index contributed by atoms with van der Waals surface area (Å²) in [5.74, 6) is 1.31. The number of carbonyl (C=O) groups excluding carboxylic acids is 1. The molecule has 0 bridgehead atoms. The highest BCUT2D eigenvalue weighted by Crippen LogP contribution is 2.26. The lowest BCUT2D eigenvalue weighted by Gasteiger charge is -2.11. The Hall–Kier alpha value is -4.33. The largest absolute Gasteiger partial charge is 0.497 e. The maximum Gasteiger partial charge on any atom is 0.252 e. The molecule has 2 aromatic carbocycles. The number of fused-ring (bicyclic) bond motifs is 2. The number of para-hydroxylation sites is 1. The van der Waals surface area contributed by atoms with Gasteiger partial charge in [-0.25, -0.2) is 9.67 Å². The van der Waals surface area contributed by atoms with Gasteiger partial charge in [0.15, 0.2) is 5.65 Å². The van der Waals surface area contributed by atoms with Crippen LogP contribution in [0.1, 0.15) is 27.9 Å². The highest BCUT2D eigenvalue weighted by Gasteiger charge is 2.13. The standard InChI is InChI=1S/C27H27N5O3/c1-34-22-10-9-19(25(13-22)35-2)17-32-26-20(16-31-32)12-21(15-30-26)27(33)28-11-5-6-18-14-29-24-8-4-3-7-23(18)24/h3-4,7-10,12-16,29H,5-6,11,17H2,1-2H3,(H,28,33). The summed E-state index contributed by atoms with van der Waals surface area (Å²) in [5.41, 5.74) is 4.58. The number of hydrogen-bond donors (Lipinski definition) is 2. The number of aryl methyl sites for hydroxylation is 1. The Kier molecular flexibility index (Phi) is 6.34. The van der Waals surface area contributed by atoms with Gasteiger partial charge in [0, 0.05) is 46.9 Å². The van der Waals surface area contributed by atoms with E-state index in [-0.39, 0.29) is 5.91 Å². The Balaban J connectivity index is 1.22. The topological polar surface area (TPSA) is 94.1 Å². The zero-order valence-electron chi connectivity index (χ0n) is 19.7. The minimum Gasteiger partial charge on any atom is -0.497 e. The number of aromatic amines is 1. The van der Waals surface area contributed by atoms with Gasteiger partial charge in [-0.05, 0) is 42.7 Å². The smallest absolute Gasteiger partial charge is 0.252 e. The van der Waals surface area contributed by atoms with E-state index in [1.54, 1.807) is 31.3 Å². The lowest BCUT2D eigenvalue weighted by molar-refractivity contribution is 0.0953. The van der Waals surface area contributed by atoms with Crippen LogP contribution in [-0.4, -0.2) is 46.4 Å². The molecule has 0 spiro atoms. The van der Waals surface area contributed by atoms with Crippen LogP contribution in [0.5, 0.6) is 11.5 Å². The highest BCUT2D eigenvalue weighted by atomic mass is 16.5. The Bertz CT molecular complexity index is 1490. The Morgan fingerprint density at radius 2 is 1.94 bits per heavy atom. The maximum absolute atomic E-state index is 12.7. The molecule has 3 heterocycles. The summed E-state index contributed by atoms with van der Waals surface area (Å²) in [6.07, 6.45) is 7.12. The average Bonchev–Trinajstić information content (AvgIpc) is 3.50. The number of amides is 1. The van der Waals surface area contributed by atoms with Gasteiger partial charge in [0.2, 0.25) is 0 Å². The summed E-state index contributed by atoms with van der Waals surface area (Å²) in [7, 11) is 3.25. The van der Waals surface area contributed by atoms with Gasteiger partial charge in [0.25, 0.3) is 5.91 Å². The molecule has 1 amide bonds. The molecule has 5 aromatic rings. The van der Waals surface area contributed by atoms with E-state index in [1.165, 1.54) is 10.9 Å². The molecule has 0 atom stereocenters. The second-order valence-corrected chi connectivity index (χ2v) is 8.34. The van der Waals surface area contributed by atoms with Crippen LogP contribution in [0.25, 0.3) is 21.9 Å². The van der Waals surface area contributed by atoms with Crippen molar-refractivity contribution in [2.45, 2.75) is 19.4 Å². The molecule has 178 valence electrons. The number of ether oxygens (including phenoxy) is 2. The van der Waals surface area contributed by atoms with Crippen molar-refractivity contribution in [2.24, 2.45) is 0 Å². The van der Waals surface area contributed by atoms with Gasteiger partial charge >= 0.3 is 0 Å². The second-order valence-electron chi connectivity index (χ2n) is 8.34. The number of carbonyl (C=O) groups is 1. The first kappa shape index (κ1) is 22.5. The molecular weight excluding hydrogens is 442 g/mol. The van der Waals surface area contributed by atoms with E-state index in [9.17, 15) is 4.79 Å². The van der Waals surface area contributed by atoms with Gasteiger partial charge in [-0.15, -0.1) is 0 Å². The lowest BCUT2D eigenvalue weighted by Crippen LogP contribution is -2.24. The molecule has 0 radical (unpaired) electrons. The number of nitrogens with zero attached hydrogens (tertiary/aromatic N) is 3. The molecule has 8 heteroatoms. The summed E-state index contributed by atoms with van der Waals surface area (Å²) >= 11 is 0. The number of H-pyrrole nitrogens is 1. The highest BCUT2D eigenvalue weighted by molar-refractivity contribution is 5.96. The first-order valence-electron chi connectivity index (χ1n) is 11.5. The van der Waals surface area contributed by atoms with E-state index in [0.717, 1.165) is 40.8 Å². The van der Waals surface area contributed by atoms with Crippen LogP contribution in [0.15, 0.2) is 67.1 Å². The van der Waals surface area contributed by atoms with Crippen molar-refractivity contribution in [1.29, 1.82) is 0 Å². The van der Waals surface area contributed by atoms with Crippen LogP contribution in [0.4, 0.5) is 0 Å². The summed E-state index contributed by atoms with van der Waals surface area (Å²) in [6.45, 7) is 1.08. The number of rotatable bonds is 9. The van der Waals surface area contributed by atoms with Crippen molar-refractivity contribution in [3.63, 3.8) is 0 Å². The Labute approximate surface area is 202 Å². The zero-order valence-corrected chi connectivity index (χ0v) is 19.7. The van der Waals surface area contributed by atoms with Crippen molar-refractivity contribution >= 4 is 27.8 Å². The maximum atomic E-state index is 12.7. The Morgan fingerprint density at radius 3 is 2.80 bits per heavy atom. The summed E-state index contributed by atoms with van der Waals surface area (Å²) in [4.78, 5) is 20.5. The molecule has 0 saturated heterocycles. The fourth-order valence-corrected chi connectivity index (χ4v) is 4.28. The van der Waals surface area contributed by atoms with Crippen LogP contribution in [0.2, 0.25) is 0 Å². The van der Waals surface area contributed by atoms with E-state index < -0.39 is 0 Å². The fourth-order valence-electron chi connectivity index (χ4n) is 4.28. The van der Waals surface area contributed by atoms with Crippen molar-refractivity contribution in [1.82, 2.24) is 25.1 Å². The van der Waals surface area contributed by atoms with Crippen molar-refractivity contribution < 1.29 is 14.3 Å². The van der Waals surface area contributed by atoms with Gasteiger partial charge < -0.3 is 19.8 Å². The van der Waals surface area contributed by atoms with Crippen LogP contribution in [0.3, 0.4) is 0 Å². The van der Waals surface area contributed by atoms with E-state index in [0.29, 0.717) is 24.3 Å². The third kappa shape index (κ3) is 4.68. The van der Waals surface area contributed by atoms with Gasteiger partial charge in [-0.2, -0.15) is 5.10 Å². The molecule has 0 saturated carbocycles. The lowest BCUT2D eigenvalue weighted by atomic mass is 10.1. The van der Waals surface area contributed by atoms with Crippen LogP contribution >= 0.6 is 0 Å². The molecule has 0 aliphatic rings. The number of aromatic nitrogens is 4. The molecule has 5 rings (SSSR count). The van der Waals surface area contributed by atoms with Crippen molar-refractivity contribution in [3.05, 3.63) is 83.8 Å². The molecular formula is C27H27N5O3. The Morgan fingerprint density at radius 1 is 1.06 bits per heavy atom. The average molecular weight is 470 g/mol. The van der Waals surface area contributed by atoms with Crippen LogP contribution < -0.4 is 14.8 Å². The fraction of sp³-hybridized carbons (Fsp3) is 0.222. The number of nitrogens with one attached hydrogen (secondary N) is 2. The van der Waals surface area contributed by atoms with Crippen molar-refractivity contribution in [3.8, 4) is 11.5 Å².